The standard InChI is InChI=1S/C7H7ClN4O/c1-12-3-2-5(10-12)7-9-6(4-8)11-13-7/h2-3H,4H2,1H3. The summed E-state index contributed by atoms with van der Waals surface area (Å²) in [6.07, 6.45) is 1.81. The molecule has 0 aliphatic carbocycles. The van der Waals surface area contributed by atoms with Crippen LogP contribution in [0.5, 0.6) is 0 Å². The van der Waals surface area contributed by atoms with Crippen LogP contribution in [0.3, 0.4) is 0 Å². The predicted octanol–water partition coefficient (Wildman–Crippen LogP) is 1.21. The Balaban J connectivity index is 2.35. The van der Waals surface area contributed by atoms with Crippen molar-refractivity contribution in [2.24, 2.45) is 7.05 Å². The molecule has 0 N–H and O–H groups in total. The van der Waals surface area contributed by atoms with Gasteiger partial charge in [-0.15, -0.1) is 11.6 Å². The summed E-state index contributed by atoms with van der Waals surface area (Å²) < 4.78 is 6.60. The van der Waals surface area contributed by atoms with Crippen LogP contribution in [-0.4, -0.2) is 19.9 Å². The Labute approximate surface area is 79.3 Å². The first-order valence-electron chi connectivity index (χ1n) is 3.68. The van der Waals surface area contributed by atoms with Crippen molar-refractivity contribution in [3.05, 3.63) is 18.1 Å². The van der Waals surface area contributed by atoms with Crippen molar-refractivity contribution in [3.63, 3.8) is 0 Å². The lowest BCUT2D eigenvalue weighted by Gasteiger charge is -1.84. The van der Waals surface area contributed by atoms with E-state index >= 15 is 0 Å². The van der Waals surface area contributed by atoms with Gasteiger partial charge in [0.15, 0.2) is 11.5 Å². The molecule has 2 rings (SSSR count). The summed E-state index contributed by atoms with van der Waals surface area (Å²) >= 11 is 5.52. The lowest BCUT2D eigenvalue weighted by atomic mass is 10.4. The second-order valence-electron chi connectivity index (χ2n) is 2.52. The molecule has 0 aliphatic rings. The number of rotatable bonds is 2. The Kier molecular flexibility index (Phi) is 2.02. The number of hydrogen-bond donors (Lipinski definition) is 0. The van der Waals surface area contributed by atoms with Gasteiger partial charge < -0.3 is 4.52 Å². The van der Waals surface area contributed by atoms with Crippen molar-refractivity contribution >= 4 is 11.6 Å². The van der Waals surface area contributed by atoms with Crippen LogP contribution in [0.2, 0.25) is 0 Å². The number of halogens is 1. The number of aromatic nitrogens is 4. The van der Waals surface area contributed by atoms with E-state index in [0.29, 0.717) is 17.4 Å². The van der Waals surface area contributed by atoms with Gasteiger partial charge in [0.25, 0.3) is 5.89 Å². The third kappa shape index (κ3) is 1.55. The molecule has 6 heteroatoms. The van der Waals surface area contributed by atoms with E-state index in [1.165, 1.54) is 0 Å². The minimum Gasteiger partial charge on any atom is -0.332 e. The van der Waals surface area contributed by atoms with E-state index in [9.17, 15) is 0 Å². The average Bonchev–Trinajstić information content (AvgIpc) is 2.71. The predicted molar refractivity (Wildman–Crippen MR) is 46.1 cm³/mol. The molecular weight excluding hydrogens is 192 g/mol. The summed E-state index contributed by atoms with van der Waals surface area (Å²) in [5.74, 6) is 1.12. The second-order valence-corrected chi connectivity index (χ2v) is 2.79. The number of aryl methyl sites for hydroxylation is 1. The molecule has 2 heterocycles. The Morgan fingerprint density at radius 1 is 1.62 bits per heavy atom. The molecule has 5 nitrogen and oxygen atoms in total. The van der Waals surface area contributed by atoms with E-state index in [4.69, 9.17) is 16.1 Å². The molecule has 0 fully saturated rings. The summed E-state index contributed by atoms with van der Waals surface area (Å²) in [6.45, 7) is 0. The molecule has 0 amide bonds. The maximum absolute atomic E-state index is 5.52. The van der Waals surface area contributed by atoms with Crippen LogP contribution in [-0.2, 0) is 12.9 Å². The van der Waals surface area contributed by atoms with Crippen LogP contribution in [0.4, 0.5) is 0 Å². The molecule has 0 saturated carbocycles. The van der Waals surface area contributed by atoms with E-state index in [2.05, 4.69) is 15.2 Å². The lowest BCUT2D eigenvalue weighted by molar-refractivity contribution is 0.423. The number of alkyl halides is 1. The van der Waals surface area contributed by atoms with Crippen LogP contribution in [0.1, 0.15) is 5.82 Å². The number of hydrogen-bond acceptors (Lipinski definition) is 4. The van der Waals surface area contributed by atoms with Crippen LogP contribution in [0.25, 0.3) is 11.6 Å². The molecule has 0 unspecified atom stereocenters. The molecule has 0 bridgehead atoms. The summed E-state index contributed by atoms with van der Waals surface area (Å²) in [6, 6.07) is 1.80. The van der Waals surface area contributed by atoms with Crippen LogP contribution in [0.15, 0.2) is 16.8 Å². The van der Waals surface area contributed by atoms with Gasteiger partial charge in [0.2, 0.25) is 0 Å². The number of nitrogens with zero attached hydrogens (tertiary/aromatic N) is 4. The van der Waals surface area contributed by atoms with Crippen LogP contribution < -0.4 is 0 Å². The minimum atomic E-state index is 0.246. The summed E-state index contributed by atoms with van der Waals surface area (Å²) in [5.41, 5.74) is 0.659. The Bertz CT molecular complexity index is 408. The van der Waals surface area contributed by atoms with Gasteiger partial charge in [-0.2, -0.15) is 10.1 Å². The molecule has 0 atom stereocenters. The highest BCUT2D eigenvalue weighted by Crippen LogP contribution is 2.14. The Morgan fingerprint density at radius 3 is 3.00 bits per heavy atom. The zero-order valence-electron chi connectivity index (χ0n) is 6.94. The van der Waals surface area contributed by atoms with Crippen molar-refractivity contribution in [1.29, 1.82) is 0 Å². The van der Waals surface area contributed by atoms with Gasteiger partial charge in [-0.3, -0.25) is 4.68 Å². The third-order valence-corrected chi connectivity index (χ3v) is 1.76. The largest absolute Gasteiger partial charge is 0.332 e. The molecule has 0 saturated heterocycles. The SMILES string of the molecule is Cn1ccc(-c2nc(CCl)no2)n1. The zero-order chi connectivity index (χ0) is 9.26. The lowest BCUT2D eigenvalue weighted by Crippen LogP contribution is -1.88. The molecule has 68 valence electrons. The highest BCUT2D eigenvalue weighted by atomic mass is 35.5. The fourth-order valence-corrected chi connectivity index (χ4v) is 1.05. The Hall–Kier alpha value is -1.36. The van der Waals surface area contributed by atoms with Gasteiger partial charge in [-0.05, 0) is 6.07 Å². The van der Waals surface area contributed by atoms with E-state index < -0.39 is 0 Å². The molecule has 0 radical (unpaired) electrons. The molecule has 0 aliphatic heterocycles. The van der Waals surface area contributed by atoms with Crippen LogP contribution in [0, 0.1) is 0 Å². The fraction of sp³-hybridized carbons (Fsp3) is 0.286. The van der Waals surface area contributed by atoms with Gasteiger partial charge in [-0.25, -0.2) is 0 Å². The van der Waals surface area contributed by atoms with E-state index in [0.717, 1.165) is 0 Å². The van der Waals surface area contributed by atoms with Crippen molar-refractivity contribution in [3.8, 4) is 11.6 Å². The molecule has 0 aromatic carbocycles. The maximum Gasteiger partial charge on any atom is 0.278 e. The normalized spacial score (nSPS) is 10.6. The topological polar surface area (TPSA) is 56.7 Å². The molecule has 13 heavy (non-hydrogen) atoms. The van der Waals surface area contributed by atoms with Gasteiger partial charge in [0.1, 0.15) is 0 Å². The van der Waals surface area contributed by atoms with Gasteiger partial charge in [0, 0.05) is 13.2 Å². The first-order chi connectivity index (χ1) is 6.29. The van der Waals surface area contributed by atoms with Crippen molar-refractivity contribution in [2.45, 2.75) is 5.88 Å². The maximum atomic E-state index is 5.52. The van der Waals surface area contributed by atoms with Crippen molar-refractivity contribution in [2.75, 3.05) is 0 Å². The molecule has 2 aromatic heterocycles. The first-order valence-corrected chi connectivity index (χ1v) is 4.21. The van der Waals surface area contributed by atoms with E-state index in [1.54, 1.807) is 16.9 Å². The highest BCUT2D eigenvalue weighted by molar-refractivity contribution is 6.16. The second kappa shape index (κ2) is 3.18. The van der Waals surface area contributed by atoms with E-state index in [-0.39, 0.29) is 5.88 Å². The molecular formula is C7H7ClN4O. The van der Waals surface area contributed by atoms with Crippen molar-refractivity contribution < 1.29 is 4.52 Å². The molecule has 0 spiro atoms. The van der Waals surface area contributed by atoms with Gasteiger partial charge in [-0.1, -0.05) is 5.16 Å². The van der Waals surface area contributed by atoms with Gasteiger partial charge in [0.05, 0.1) is 5.88 Å². The monoisotopic (exact) mass is 198 g/mol. The smallest absolute Gasteiger partial charge is 0.278 e. The van der Waals surface area contributed by atoms with Crippen LogP contribution >= 0.6 is 11.6 Å². The fourth-order valence-electron chi connectivity index (χ4n) is 0.941. The van der Waals surface area contributed by atoms with E-state index in [1.807, 2.05) is 7.05 Å². The summed E-state index contributed by atoms with van der Waals surface area (Å²) in [5, 5.41) is 7.76. The summed E-state index contributed by atoms with van der Waals surface area (Å²) in [4.78, 5) is 4.03. The third-order valence-electron chi connectivity index (χ3n) is 1.52. The Morgan fingerprint density at radius 2 is 2.46 bits per heavy atom. The van der Waals surface area contributed by atoms with Gasteiger partial charge >= 0.3 is 0 Å². The first kappa shape index (κ1) is 8.25. The quantitative estimate of drug-likeness (QED) is 0.681. The summed E-state index contributed by atoms with van der Waals surface area (Å²) in [7, 11) is 1.82. The average molecular weight is 199 g/mol. The van der Waals surface area contributed by atoms with Crippen molar-refractivity contribution in [1.82, 2.24) is 19.9 Å². The molecule has 2 aromatic rings. The minimum absolute atomic E-state index is 0.246. The highest BCUT2D eigenvalue weighted by Gasteiger charge is 2.09. The zero-order valence-corrected chi connectivity index (χ0v) is 7.69.